The summed E-state index contributed by atoms with van der Waals surface area (Å²) in [6, 6.07) is 0.659. The SMILES string of the molecule is COC(=O)C/C(=N/Nc1nc(Cl)c(C(F)(F)F)cc1Cl)C(C)(C)C. The Morgan fingerprint density at radius 2 is 1.92 bits per heavy atom. The molecule has 0 radical (unpaired) electrons. The van der Waals surface area contributed by atoms with Crippen molar-refractivity contribution in [1.82, 2.24) is 4.98 Å². The summed E-state index contributed by atoms with van der Waals surface area (Å²) in [5.74, 6) is -0.656. The zero-order chi connectivity index (χ0) is 18.7. The number of methoxy groups -OCH3 is 1. The van der Waals surface area contributed by atoms with Crippen LogP contribution in [0.2, 0.25) is 10.2 Å². The van der Waals surface area contributed by atoms with E-state index in [9.17, 15) is 18.0 Å². The molecule has 0 bridgehead atoms. The number of aromatic nitrogens is 1. The predicted molar refractivity (Wildman–Crippen MR) is 86.4 cm³/mol. The number of halogens is 5. The number of esters is 1. The molecule has 0 fully saturated rings. The second-order valence-electron chi connectivity index (χ2n) is 5.83. The first kappa shape index (κ1) is 20.5. The Hall–Kier alpha value is -1.54. The predicted octanol–water partition coefficient (Wildman–Crippen LogP) is 4.78. The topological polar surface area (TPSA) is 63.6 Å². The van der Waals surface area contributed by atoms with Gasteiger partial charge in [0.05, 0.1) is 29.8 Å². The Kier molecular flexibility index (Phi) is 6.46. The highest BCUT2D eigenvalue weighted by Crippen LogP contribution is 2.37. The van der Waals surface area contributed by atoms with Crippen LogP contribution >= 0.6 is 23.2 Å². The minimum Gasteiger partial charge on any atom is -0.469 e. The average Bonchev–Trinajstić information content (AvgIpc) is 2.43. The fourth-order valence-corrected chi connectivity index (χ4v) is 1.99. The highest BCUT2D eigenvalue weighted by Gasteiger charge is 2.35. The first-order valence-electron chi connectivity index (χ1n) is 6.69. The van der Waals surface area contributed by atoms with Crippen LogP contribution < -0.4 is 5.43 Å². The minimum atomic E-state index is -4.67. The molecule has 0 saturated heterocycles. The van der Waals surface area contributed by atoms with E-state index in [1.807, 2.05) is 20.8 Å². The van der Waals surface area contributed by atoms with Crippen LogP contribution in [0.25, 0.3) is 0 Å². The monoisotopic (exact) mass is 385 g/mol. The quantitative estimate of drug-likeness (QED) is 0.350. The molecule has 0 aromatic carbocycles. The van der Waals surface area contributed by atoms with Crippen molar-refractivity contribution in [1.29, 1.82) is 0 Å². The van der Waals surface area contributed by atoms with Gasteiger partial charge in [-0.3, -0.25) is 10.2 Å². The molecule has 1 heterocycles. The van der Waals surface area contributed by atoms with Crippen LogP contribution in [0.3, 0.4) is 0 Å². The number of nitrogens with zero attached hydrogens (tertiary/aromatic N) is 2. The number of anilines is 1. The number of rotatable bonds is 4. The van der Waals surface area contributed by atoms with E-state index in [1.54, 1.807) is 0 Å². The first-order valence-corrected chi connectivity index (χ1v) is 7.45. The Bertz CT molecular complexity index is 656. The number of hydrazone groups is 1. The van der Waals surface area contributed by atoms with Crippen molar-refractivity contribution in [3.8, 4) is 0 Å². The molecular weight excluding hydrogens is 370 g/mol. The lowest BCUT2D eigenvalue weighted by Crippen LogP contribution is -2.25. The summed E-state index contributed by atoms with van der Waals surface area (Å²) in [7, 11) is 1.24. The highest BCUT2D eigenvalue weighted by molar-refractivity contribution is 6.34. The van der Waals surface area contributed by atoms with Crippen LogP contribution in [0.5, 0.6) is 0 Å². The van der Waals surface area contributed by atoms with Crippen molar-refractivity contribution in [2.75, 3.05) is 12.5 Å². The van der Waals surface area contributed by atoms with E-state index in [0.717, 1.165) is 0 Å². The lowest BCUT2D eigenvalue weighted by atomic mass is 9.88. The summed E-state index contributed by atoms with van der Waals surface area (Å²) in [4.78, 5) is 15.0. The normalized spacial score (nSPS) is 13.0. The van der Waals surface area contributed by atoms with Gasteiger partial charge in [0.15, 0.2) is 5.82 Å². The summed E-state index contributed by atoms with van der Waals surface area (Å²) in [5.41, 5.74) is 1.22. The van der Waals surface area contributed by atoms with Gasteiger partial charge in [-0.1, -0.05) is 44.0 Å². The molecule has 10 heteroatoms. The molecule has 134 valence electrons. The van der Waals surface area contributed by atoms with Crippen LogP contribution in [0.15, 0.2) is 11.2 Å². The van der Waals surface area contributed by atoms with Gasteiger partial charge in [-0.15, -0.1) is 0 Å². The number of nitrogens with one attached hydrogen (secondary N) is 1. The maximum Gasteiger partial charge on any atom is 0.419 e. The van der Waals surface area contributed by atoms with E-state index in [-0.39, 0.29) is 17.3 Å². The van der Waals surface area contributed by atoms with Crippen LogP contribution in [0.4, 0.5) is 19.0 Å². The Labute approximate surface area is 147 Å². The standard InChI is InChI=1S/C14H16Cl2F3N3O2/c1-13(2,3)9(6-10(23)24-4)21-22-12-8(15)5-7(11(16)20-12)14(17,18)19/h5H,6H2,1-4H3,(H,20,22)/b21-9-. The van der Waals surface area contributed by atoms with Crippen molar-refractivity contribution in [3.63, 3.8) is 0 Å². The number of carbonyl (C=O) groups excluding carboxylic acids is 1. The Morgan fingerprint density at radius 3 is 2.38 bits per heavy atom. The van der Waals surface area contributed by atoms with Gasteiger partial charge in [0.25, 0.3) is 0 Å². The van der Waals surface area contributed by atoms with Gasteiger partial charge >= 0.3 is 12.1 Å². The first-order chi connectivity index (χ1) is 10.9. The summed E-state index contributed by atoms with van der Waals surface area (Å²) >= 11 is 11.3. The number of ether oxygens (including phenoxy) is 1. The molecular formula is C14H16Cl2F3N3O2. The summed E-state index contributed by atoms with van der Waals surface area (Å²) in [5, 5.41) is 2.97. The van der Waals surface area contributed by atoms with Crippen molar-refractivity contribution in [2.24, 2.45) is 10.5 Å². The van der Waals surface area contributed by atoms with E-state index in [4.69, 9.17) is 23.2 Å². The molecule has 1 aromatic rings. The van der Waals surface area contributed by atoms with E-state index in [2.05, 4.69) is 20.2 Å². The number of carbonyl (C=O) groups is 1. The molecule has 0 saturated carbocycles. The van der Waals surface area contributed by atoms with Crippen LogP contribution in [0.1, 0.15) is 32.8 Å². The summed E-state index contributed by atoms with van der Waals surface area (Å²) in [6.45, 7) is 5.43. The molecule has 0 amide bonds. The van der Waals surface area contributed by atoms with Crippen molar-refractivity contribution < 1.29 is 22.7 Å². The number of pyridine rings is 1. The maximum atomic E-state index is 12.7. The average molecular weight is 386 g/mol. The third kappa shape index (κ3) is 5.52. The number of hydrogen-bond donors (Lipinski definition) is 1. The van der Waals surface area contributed by atoms with Crippen molar-refractivity contribution in [2.45, 2.75) is 33.4 Å². The van der Waals surface area contributed by atoms with Crippen LogP contribution in [0, 0.1) is 5.41 Å². The molecule has 0 spiro atoms. The zero-order valence-electron chi connectivity index (χ0n) is 13.4. The minimum absolute atomic E-state index is 0.0982. The highest BCUT2D eigenvalue weighted by atomic mass is 35.5. The summed E-state index contributed by atoms with van der Waals surface area (Å²) < 4.78 is 42.8. The van der Waals surface area contributed by atoms with E-state index in [1.165, 1.54) is 7.11 Å². The van der Waals surface area contributed by atoms with Gasteiger partial charge < -0.3 is 4.74 Å². The second kappa shape index (κ2) is 7.57. The molecule has 1 aromatic heterocycles. The molecule has 0 atom stereocenters. The van der Waals surface area contributed by atoms with Gasteiger partial charge in [0, 0.05) is 5.41 Å². The van der Waals surface area contributed by atoms with Gasteiger partial charge in [-0.05, 0) is 6.07 Å². The van der Waals surface area contributed by atoms with E-state index in [0.29, 0.717) is 11.8 Å². The number of hydrogen-bond acceptors (Lipinski definition) is 5. The molecule has 0 unspecified atom stereocenters. The molecule has 0 aliphatic carbocycles. The Balaban J connectivity index is 3.14. The fourth-order valence-electron chi connectivity index (χ4n) is 1.55. The van der Waals surface area contributed by atoms with Crippen LogP contribution in [-0.4, -0.2) is 23.8 Å². The third-order valence-electron chi connectivity index (χ3n) is 2.94. The van der Waals surface area contributed by atoms with Gasteiger partial charge in [-0.2, -0.15) is 18.3 Å². The smallest absolute Gasteiger partial charge is 0.419 e. The van der Waals surface area contributed by atoms with E-state index < -0.39 is 28.3 Å². The van der Waals surface area contributed by atoms with Crippen molar-refractivity contribution >= 4 is 40.7 Å². The van der Waals surface area contributed by atoms with Gasteiger partial charge in [0.1, 0.15) is 5.15 Å². The fraction of sp³-hybridized carbons (Fsp3) is 0.500. The molecule has 5 nitrogen and oxygen atoms in total. The van der Waals surface area contributed by atoms with E-state index >= 15 is 0 Å². The zero-order valence-corrected chi connectivity index (χ0v) is 14.9. The molecule has 1 rings (SSSR count). The maximum absolute atomic E-state index is 12.7. The largest absolute Gasteiger partial charge is 0.469 e. The molecule has 0 aliphatic heterocycles. The van der Waals surface area contributed by atoms with Crippen LogP contribution in [-0.2, 0) is 15.7 Å². The Morgan fingerprint density at radius 1 is 1.33 bits per heavy atom. The van der Waals surface area contributed by atoms with Crippen molar-refractivity contribution in [3.05, 3.63) is 21.8 Å². The number of alkyl halides is 3. The van der Waals surface area contributed by atoms with Gasteiger partial charge in [0.2, 0.25) is 0 Å². The molecule has 1 N–H and O–H groups in total. The lowest BCUT2D eigenvalue weighted by Gasteiger charge is -2.21. The molecule has 24 heavy (non-hydrogen) atoms. The third-order valence-corrected chi connectivity index (χ3v) is 3.51. The lowest BCUT2D eigenvalue weighted by molar-refractivity contribution is -0.139. The van der Waals surface area contributed by atoms with Gasteiger partial charge in [-0.25, -0.2) is 4.98 Å². The molecule has 0 aliphatic rings. The second-order valence-corrected chi connectivity index (χ2v) is 6.59. The summed E-state index contributed by atoms with van der Waals surface area (Å²) in [6.07, 6.45) is -4.77.